The molecular formula is C16H19F2NO2. The molecule has 1 aromatic rings. The van der Waals surface area contributed by atoms with E-state index < -0.39 is 11.8 Å². The van der Waals surface area contributed by atoms with Gasteiger partial charge in [-0.2, -0.15) is 0 Å². The number of benzene rings is 1. The third kappa shape index (κ3) is 3.07. The highest BCUT2D eigenvalue weighted by molar-refractivity contribution is 5.96. The number of alkyl halides is 2. The molecule has 1 heterocycles. The molecule has 1 fully saturated rings. The van der Waals surface area contributed by atoms with Gasteiger partial charge in [-0.05, 0) is 18.9 Å². The molecule has 1 saturated carbocycles. The Balaban J connectivity index is 1.84. The molecule has 3 rings (SSSR count). The van der Waals surface area contributed by atoms with Crippen LogP contribution in [0.25, 0.3) is 0 Å². The molecule has 1 amide bonds. The second-order valence-electron chi connectivity index (χ2n) is 5.82. The Bertz CT molecular complexity index is 533. The average Bonchev–Trinajstić information content (AvgIpc) is 2.68. The lowest BCUT2D eigenvalue weighted by atomic mass is 9.85. The first-order valence-corrected chi connectivity index (χ1v) is 7.42. The van der Waals surface area contributed by atoms with E-state index in [1.54, 1.807) is 4.90 Å². The molecule has 0 aromatic heterocycles. The Hall–Kier alpha value is -1.49. The SMILES string of the molecule is O=C(C1CCCC(F)(F)C1)N1CCOCc2ccccc21. The van der Waals surface area contributed by atoms with Crippen LogP contribution in [0.2, 0.25) is 0 Å². The number of fused-ring (bicyclic) bond motifs is 1. The van der Waals surface area contributed by atoms with Crippen LogP contribution in [0.1, 0.15) is 31.2 Å². The molecule has 1 aromatic carbocycles. The van der Waals surface area contributed by atoms with Crippen LogP contribution < -0.4 is 4.90 Å². The van der Waals surface area contributed by atoms with Crippen LogP contribution in [0.15, 0.2) is 24.3 Å². The largest absolute Gasteiger partial charge is 0.375 e. The van der Waals surface area contributed by atoms with E-state index in [9.17, 15) is 13.6 Å². The Morgan fingerprint density at radius 2 is 2.14 bits per heavy atom. The second kappa shape index (κ2) is 5.72. The van der Waals surface area contributed by atoms with Gasteiger partial charge in [0, 0.05) is 36.6 Å². The zero-order chi connectivity index (χ0) is 14.9. The van der Waals surface area contributed by atoms with Gasteiger partial charge < -0.3 is 9.64 Å². The lowest BCUT2D eigenvalue weighted by molar-refractivity contribution is -0.129. The van der Waals surface area contributed by atoms with Crippen LogP contribution in [0.5, 0.6) is 0 Å². The molecule has 0 radical (unpaired) electrons. The van der Waals surface area contributed by atoms with Crippen molar-refractivity contribution in [2.24, 2.45) is 5.92 Å². The maximum absolute atomic E-state index is 13.6. The highest BCUT2D eigenvalue weighted by Gasteiger charge is 2.41. The first kappa shape index (κ1) is 14.4. The standard InChI is InChI=1S/C16H19F2NO2/c17-16(18)7-3-5-12(10-16)15(20)19-8-9-21-11-13-4-1-2-6-14(13)19/h1-2,4,6,12H,3,5,7-11H2. The molecule has 0 N–H and O–H groups in total. The number of para-hydroxylation sites is 1. The van der Waals surface area contributed by atoms with E-state index in [1.807, 2.05) is 24.3 Å². The highest BCUT2D eigenvalue weighted by atomic mass is 19.3. The van der Waals surface area contributed by atoms with Crippen LogP contribution >= 0.6 is 0 Å². The number of ether oxygens (including phenoxy) is 1. The van der Waals surface area contributed by atoms with Crippen molar-refractivity contribution in [2.45, 2.75) is 38.2 Å². The first-order chi connectivity index (χ1) is 10.1. The average molecular weight is 295 g/mol. The van der Waals surface area contributed by atoms with Crippen molar-refractivity contribution < 1.29 is 18.3 Å². The van der Waals surface area contributed by atoms with Crippen molar-refractivity contribution in [3.05, 3.63) is 29.8 Å². The summed E-state index contributed by atoms with van der Waals surface area (Å²) in [6, 6.07) is 7.53. The van der Waals surface area contributed by atoms with E-state index in [4.69, 9.17) is 4.74 Å². The summed E-state index contributed by atoms with van der Waals surface area (Å²) in [4.78, 5) is 14.3. The van der Waals surface area contributed by atoms with Gasteiger partial charge in [-0.3, -0.25) is 4.79 Å². The minimum Gasteiger partial charge on any atom is -0.375 e. The molecule has 1 atom stereocenters. The summed E-state index contributed by atoms with van der Waals surface area (Å²) in [5.41, 5.74) is 1.74. The normalized spacial score (nSPS) is 25.0. The molecule has 5 heteroatoms. The predicted molar refractivity (Wildman–Crippen MR) is 75.4 cm³/mol. The molecular weight excluding hydrogens is 276 g/mol. The van der Waals surface area contributed by atoms with Gasteiger partial charge in [-0.15, -0.1) is 0 Å². The van der Waals surface area contributed by atoms with Crippen LogP contribution in [-0.4, -0.2) is 25.0 Å². The number of amides is 1. The number of nitrogens with zero attached hydrogens (tertiary/aromatic N) is 1. The summed E-state index contributed by atoms with van der Waals surface area (Å²) in [7, 11) is 0. The highest BCUT2D eigenvalue weighted by Crippen LogP contribution is 2.38. The summed E-state index contributed by atoms with van der Waals surface area (Å²) in [5.74, 6) is -3.48. The van der Waals surface area contributed by atoms with Gasteiger partial charge in [-0.1, -0.05) is 18.2 Å². The van der Waals surface area contributed by atoms with Gasteiger partial charge in [0.2, 0.25) is 11.8 Å². The van der Waals surface area contributed by atoms with Crippen LogP contribution in [-0.2, 0) is 16.1 Å². The van der Waals surface area contributed by atoms with Gasteiger partial charge >= 0.3 is 0 Å². The van der Waals surface area contributed by atoms with Gasteiger partial charge in [0.15, 0.2) is 0 Å². The van der Waals surface area contributed by atoms with E-state index in [2.05, 4.69) is 0 Å². The molecule has 21 heavy (non-hydrogen) atoms. The Labute approximate surface area is 122 Å². The van der Waals surface area contributed by atoms with Crippen LogP contribution in [0.3, 0.4) is 0 Å². The smallest absolute Gasteiger partial charge is 0.248 e. The summed E-state index contributed by atoms with van der Waals surface area (Å²) >= 11 is 0. The maximum atomic E-state index is 13.6. The van der Waals surface area contributed by atoms with E-state index in [0.717, 1.165) is 11.3 Å². The van der Waals surface area contributed by atoms with Crippen molar-refractivity contribution >= 4 is 11.6 Å². The second-order valence-corrected chi connectivity index (χ2v) is 5.82. The predicted octanol–water partition coefficient (Wildman–Crippen LogP) is 3.38. The molecule has 0 bridgehead atoms. The fourth-order valence-electron chi connectivity index (χ4n) is 3.19. The van der Waals surface area contributed by atoms with E-state index in [0.29, 0.717) is 32.6 Å². The van der Waals surface area contributed by atoms with Crippen molar-refractivity contribution in [3.8, 4) is 0 Å². The minimum absolute atomic E-state index is 0.101. The number of anilines is 1. The van der Waals surface area contributed by atoms with Gasteiger partial charge in [0.25, 0.3) is 0 Å². The van der Waals surface area contributed by atoms with E-state index in [-0.39, 0.29) is 18.7 Å². The molecule has 2 aliphatic rings. The molecule has 0 spiro atoms. The van der Waals surface area contributed by atoms with Crippen molar-refractivity contribution in [2.75, 3.05) is 18.1 Å². The summed E-state index contributed by atoms with van der Waals surface area (Å²) in [6.45, 7) is 1.32. The summed E-state index contributed by atoms with van der Waals surface area (Å²) in [5, 5.41) is 0. The lowest BCUT2D eigenvalue weighted by Crippen LogP contribution is -2.41. The fourth-order valence-corrected chi connectivity index (χ4v) is 3.19. The fraction of sp³-hybridized carbons (Fsp3) is 0.562. The quantitative estimate of drug-likeness (QED) is 0.795. The molecule has 1 aliphatic carbocycles. The molecule has 0 saturated heterocycles. The third-order valence-corrected chi connectivity index (χ3v) is 4.25. The number of halogens is 2. The number of rotatable bonds is 1. The summed E-state index contributed by atoms with van der Waals surface area (Å²) in [6.07, 6.45) is 0.533. The Morgan fingerprint density at radius 3 is 2.95 bits per heavy atom. The van der Waals surface area contributed by atoms with E-state index >= 15 is 0 Å². The maximum Gasteiger partial charge on any atom is 0.248 e. The minimum atomic E-state index is -2.71. The molecule has 114 valence electrons. The van der Waals surface area contributed by atoms with Crippen molar-refractivity contribution in [3.63, 3.8) is 0 Å². The first-order valence-electron chi connectivity index (χ1n) is 7.42. The van der Waals surface area contributed by atoms with Crippen molar-refractivity contribution in [1.29, 1.82) is 0 Å². The Kier molecular flexibility index (Phi) is 3.93. The molecule has 1 aliphatic heterocycles. The van der Waals surface area contributed by atoms with E-state index in [1.165, 1.54) is 0 Å². The van der Waals surface area contributed by atoms with Gasteiger partial charge in [0.1, 0.15) is 0 Å². The van der Waals surface area contributed by atoms with Gasteiger partial charge in [-0.25, -0.2) is 8.78 Å². The monoisotopic (exact) mass is 295 g/mol. The van der Waals surface area contributed by atoms with Gasteiger partial charge in [0.05, 0.1) is 13.2 Å². The van der Waals surface area contributed by atoms with Crippen LogP contribution in [0.4, 0.5) is 14.5 Å². The number of hydrogen-bond donors (Lipinski definition) is 0. The molecule has 3 nitrogen and oxygen atoms in total. The lowest BCUT2D eigenvalue weighted by Gasteiger charge is -2.32. The zero-order valence-corrected chi connectivity index (χ0v) is 11.9. The van der Waals surface area contributed by atoms with Crippen LogP contribution in [0, 0.1) is 5.92 Å². The van der Waals surface area contributed by atoms with Crippen molar-refractivity contribution in [1.82, 2.24) is 0 Å². The molecule has 1 unspecified atom stereocenters. The number of hydrogen-bond acceptors (Lipinski definition) is 2. The Morgan fingerprint density at radius 1 is 1.33 bits per heavy atom. The number of carbonyl (C=O) groups is 1. The number of carbonyl (C=O) groups excluding carboxylic acids is 1. The summed E-state index contributed by atoms with van der Waals surface area (Å²) < 4.78 is 32.6. The third-order valence-electron chi connectivity index (χ3n) is 4.25. The topological polar surface area (TPSA) is 29.5 Å². The zero-order valence-electron chi connectivity index (χ0n) is 11.9.